The number of ether oxygens (including phenoxy) is 1. The molecule has 1 aliphatic heterocycles. The number of para-hydroxylation sites is 1. The maximum absolute atomic E-state index is 13.5. The Bertz CT molecular complexity index is 725. The van der Waals surface area contributed by atoms with Gasteiger partial charge in [0.05, 0.1) is 18.7 Å². The van der Waals surface area contributed by atoms with Crippen molar-refractivity contribution in [3.05, 3.63) is 47.1 Å². The molecule has 1 fully saturated rings. The summed E-state index contributed by atoms with van der Waals surface area (Å²) >= 11 is 0. The van der Waals surface area contributed by atoms with Crippen LogP contribution >= 0.6 is 0 Å². The van der Waals surface area contributed by atoms with E-state index in [2.05, 4.69) is 5.16 Å². The van der Waals surface area contributed by atoms with Gasteiger partial charge in [0.25, 0.3) is 0 Å². The second kappa shape index (κ2) is 7.68. The molecule has 1 amide bonds. The highest BCUT2D eigenvalue weighted by molar-refractivity contribution is 5.79. The highest BCUT2D eigenvalue weighted by atomic mass is 19.1. The van der Waals surface area contributed by atoms with Gasteiger partial charge >= 0.3 is 0 Å². The monoisotopic (exact) mass is 346 g/mol. The average molecular weight is 346 g/mol. The Morgan fingerprint density at radius 2 is 2.20 bits per heavy atom. The summed E-state index contributed by atoms with van der Waals surface area (Å²) in [6.07, 6.45) is 2.09. The molecule has 0 saturated carbocycles. The maximum Gasteiger partial charge on any atom is 0.227 e. The van der Waals surface area contributed by atoms with E-state index in [1.54, 1.807) is 18.2 Å². The molecule has 1 aromatic carbocycles. The summed E-state index contributed by atoms with van der Waals surface area (Å²) in [7, 11) is 0. The van der Waals surface area contributed by atoms with Gasteiger partial charge in [0, 0.05) is 18.7 Å². The van der Waals surface area contributed by atoms with E-state index in [4.69, 9.17) is 9.26 Å². The maximum atomic E-state index is 13.5. The van der Waals surface area contributed by atoms with Crippen molar-refractivity contribution in [1.29, 1.82) is 0 Å². The lowest BCUT2D eigenvalue weighted by Crippen LogP contribution is -2.30. The van der Waals surface area contributed by atoms with E-state index >= 15 is 0 Å². The van der Waals surface area contributed by atoms with Gasteiger partial charge in [-0.3, -0.25) is 4.79 Å². The second-order valence-electron chi connectivity index (χ2n) is 6.54. The van der Waals surface area contributed by atoms with E-state index in [-0.39, 0.29) is 17.5 Å². The van der Waals surface area contributed by atoms with Crippen molar-refractivity contribution in [3.8, 4) is 5.75 Å². The Morgan fingerprint density at radius 3 is 2.92 bits per heavy atom. The first-order chi connectivity index (χ1) is 12.0. The van der Waals surface area contributed by atoms with Crippen molar-refractivity contribution in [2.45, 2.75) is 33.1 Å². The molecule has 1 aliphatic rings. The molecule has 1 saturated heterocycles. The molecule has 3 rings (SSSR count). The van der Waals surface area contributed by atoms with Gasteiger partial charge in [-0.1, -0.05) is 17.3 Å². The minimum Gasteiger partial charge on any atom is -0.491 e. The van der Waals surface area contributed by atoms with E-state index < -0.39 is 0 Å². The molecule has 0 bridgehead atoms. The largest absolute Gasteiger partial charge is 0.491 e. The minimum absolute atomic E-state index is 0.104. The van der Waals surface area contributed by atoms with Crippen LogP contribution in [0.25, 0.3) is 0 Å². The number of carbonyl (C=O) groups excluding carboxylic acids is 1. The van der Waals surface area contributed by atoms with Crippen LogP contribution in [0.3, 0.4) is 0 Å². The highest BCUT2D eigenvalue weighted by Crippen LogP contribution is 2.23. The zero-order valence-corrected chi connectivity index (χ0v) is 14.6. The lowest BCUT2D eigenvalue weighted by molar-refractivity contribution is -0.129. The lowest BCUT2D eigenvalue weighted by atomic mass is 10.1. The zero-order valence-electron chi connectivity index (χ0n) is 14.6. The summed E-state index contributed by atoms with van der Waals surface area (Å²) in [4.78, 5) is 14.4. The van der Waals surface area contributed by atoms with Gasteiger partial charge < -0.3 is 14.2 Å². The van der Waals surface area contributed by atoms with Gasteiger partial charge in [-0.25, -0.2) is 4.39 Å². The first-order valence-electron chi connectivity index (χ1n) is 8.61. The molecule has 2 heterocycles. The first-order valence-corrected chi connectivity index (χ1v) is 8.61. The predicted molar refractivity (Wildman–Crippen MR) is 90.9 cm³/mol. The minimum atomic E-state index is -0.342. The molecule has 0 N–H and O–H groups in total. The van der Waals surface area contributed by atoms with Crippen molar-refractivity contribution >= 4 is 5.91 Å². The van der Waals surface area contributed by atoms with Crippen LogP contribution in [0.15, 0.2) is 28.8 Å². The molecular weight excluding hydrogens is 323 g/mol. The third-order valence-corrected chi connectivity index (χ3v) is 4.77. The summed E-state index contributed by atoms with van der Waals surface area (Å²) in [6.45, 7) is 5.62. The second-order valence-corrected chi connectivity index (χ2v) is 6.54. The van der Waals surface area contributed by atoms with Crippen LogP contribution in [-0.4, -0.2) is 35.7 Å². The molecule has 0 radical (unpaired) electrons. The number of likely N-dealkylation sites (tertiary alicyclic amines) is 1. The number of aryl methyl sites for hydroxylation is 2. The molecule has 0 aliphatic carbocycles. The Labute approximate surface area is 146 Å². The molecule has 134 valence electrons. The Kier molecular flexibility index (Phi) is 5.36. The molecule has 5 nitrogen and oxygen atoms in total. The SMILES string of the molecule is Cc1noc(C)c1CC(=O)N1CCC(CCOc2ccccc2F)C1. The molecule has 0 spiro atoms. The van der Waals surface area contributed by atoms with Crippen LogP contribution in [0.2, 0.25) is 0 Å². The van der Waals surface area contributed by atoms with Gasteiger partial charge in [-0.05, 0) is 44.7 Å². The molecule has 1 unspecified atom stereocenters. The fourth-order valence-electron chi connectivity index (χ4n) is 3.21. The fourth-order valence-corrected chi connectivity index (χ4v) is 3.21. The Balaban J connectivity index is 1.45. The quantitative estimate of drug-likeness (QED) is 0.805. The van der Waals surface area contributed by atoms with Crippen LogP contribution in [0.1, 0.15) is 29.9 Å². The third kappa shape index (κ3) is 4.18. The molecule has 2 aromatic rings. The van der Waals surface area contributed by atoms with Crippen LogP contribution in [0.5, 0.6) is 5.75 Å². The number of halogens is 1. The number of rotatable bonds is 6. The summed E-state index contributed by atoms with van der Waals surface area (Å²) in [5.41, 5.74) is 1.66. The normalized spacial score (nSPS) is 17.1. The summed E-state index contributed by atoms with van der Waals surface area (Å²) in [6, 6.07) is 6.41. The van der Waals surface area contributed by atoms with Gasteiger partial charge in [-0.2, -0.15) is 0 Å². The van der Waals surface area contributed by atoms with Gasteiger partial charge in [0.15, 0.2) is 11.6 Å². The number of aromatic nitrogens is 1. The van der Waals surface area contributed by atoms with Crippen molar-refractivity contribution < 1.29 is 18.4 Å². The third-order valence-electron chi connectivity index (χ3n) is 4.77. The van der Waals surface area contributed by atoms with Gasteiger partial charge in [0.1, 0.15) is 5.76 Å². The van der Waals surface area contributed by atoms with Crippen molar-refractivity contribution in [3.63, 3.8) is 0 Å². The number of hydrogen-bond donors (Lipinski definition) is 0. The molecule has 6 heteroatoms. The van der Waals surface area contributed by atoms with Gasteiger partial charge in [-0.15, -0.1) is 0 Å². The van der Waals surface area contributed by atoms with Crippen LogP contribution in [0.4, 0.5) is 4.39 Å². The summed E-state index contributed by atoms with van der Waals surface area (Å²) in [5.74, 6) is 1.14. The number of benzene rings is 1. The smallest absolute Gasteiger partial charge is 0.227 e. The van der Waals surface area contributed by atoms with Crippen molar-refractivity contribution in [2.75, 3.05) is 19.7 Å². The van der Waals surface area contributed by atoms with E-state index in [1.165, 1.54) is 6.07 Å². The van der Waals surface area contributed by atoms with E-state index in [1.807, 2.05) is 18.7 Å². The fraction of sp³-hybridized carbons (Fsp3) is 0.474. The number of nitrogens with zero attached hydrogens (tertiary/aromatic N) is 2. The first kappa shape index (κ1) is 17.5. The standard InChI is InChI=1S/C19H23FN2O3/c1-13-16(14(2)25-21-13)11-19(23)22-9-7-15(12-22)8-10-24-18-6-4-3-5-17(18)20/h3-6,15H,7-12H2,1-2H3. The molecule has 1 atom stereocenters. The molecule has 25 heavy (non-hydrogen) atoms. The number of carbonyl (C=O) groups is 1. The van der Waals surface area contributed by atoms with E-state index in [0.717, 1.165) is 37.2 Å². The summed E-state index contributed by atoms with van der Waals surface area (Å²) in [5, 5.41) is 3.89. The highest BCUT2D eigenvalue weighted by Gasteiger charge is 2.27. The van der Waals surface area contributed by atoms with Gasteiger partial charge in [0.2, 0.25) is 5.91 Å². The van der Waals surface area contributed by atoms with Crippen LogP contribution in [-0.2, 0) is 11.2 Å². The van der Waals surface area contributed by atoms with E-state index in [9.17, 15) is 9.18 Å². The molecular formula is C19H23FN2O3. The lowest BCUT2D eigenvalue weighted by Gasteiger charge is -2.16. The zero-order chi connectivity index (χ0) is 17.8. The summed E-state index contributed by atoms with van der Waals surface area (Å²) < 4.78 is 24.1. The van der Waals surface area contributed by atoms with Crippen molar-refractivity contribution in [1.82, 2.24) is 10.1 Å². The van der Waals surface area contributed by atoms with Crippen LogP contribution < -0.4 is 4.74 Å². The molecule has 1 aromatic heterocycles. The Morgan fingerprint density at radius 1 is 1.40 bits per heavy atom. The topological polar surface area (TPSA) is 55.6 Å². The predicted octanol–water partition coefficient (Wildman–Crippen LogP) is 3.29. The van der Waals surface area contributed by atoms with Crippen molar-refractivity contribution in [2.24, 2.45) is 5.92 Å². The number of amides is 1. The van der Waals surface area contributed by atoms with E-state index in [0.29, 0.717) is 24.7 Å². The number of hydrogen-bond acceptors (Lipinski definition) is 4. The Hall–Kier alpha value is -2.37. The average Bonchev–Trinajstić information content (AvgIpc) is 3.19. The van der Waals surface area contributed by atoms with Crippen LogP contribution in [0, 0.1) is 25.6 Å².